The average Bonchev–Trinajstić information content (AvgIpc) is 2.89. The summed E-state index contributed by atoms with van der Waals surface area (Å²) in [7, 11) is 0. The molecule has 0 bridgehead atoms. The lowest BCUT2D eigenvalue weighted by molar-refractivity contribution is -0.135. The Balaban J connectivity index is 0.00000176. The van der Waals surface area contributed by atoms with Gasteiger partial charge in [-0.25, -0.2) is 0 Å². The largest absolute Gasteiger partial charge is 0.373 e. The van der Waals surface area contributed by atoms with Gasteiger partial charge < -0.3 is 15.4 Å². The summed E-state index contributed by atoms with van der Waals surface area (Å²) in [5, 5.41) is 0. The molecule has 0 aromatic heterocycles. The van der Waals surface area contributed by atoms with Crippen LogP contribution in [0.3, 0.4) is 0 Å². The van der Waals surface area contributed by atoms with Crippen molar-refractivity contribution >= 4 is 18.3 Å². The van der Waals surface area contributed by atoms with Crippen molar-refractivity contribution in [3.05, 3.63) is 35.4 Å². The lowest BCUT2D eigenvalue weighted by Crippen LogP contribution is -2.36. The Labute approximate surface area is 138 Å². The van der Waals surface area contributed by atoms with Crippen molar-refractivity contribution < 1.29 is 9.53 Å². The third-order valence-corrected chi connectivity index (χ3v) is 4.77. The minimum atomic E-state index is -0.0911. The fourth-order valence-corrected chi connectivity index (χ4v) is 3.58. The Hall–Kier alpha value is -1.10. The molecule has 2 aliphatic heterocycles. The van der Waals surface area contributed by atoms with Gasteiger partial charge in [0.05, 0.1) is 19.1 Å². The number of carbonyl (C=O) groups is 1. The Morgan fingerprint density at radius 2 is 2.18 bits per heavy atom. The van der Waals surface area contributed by atoms with Gasteiger partial charge in [-0.1, -0.05) is 24.3 Å². The summed E-state index contributed by atoms with van der Waals surface area (Å²) >= 11 is 0. The zero-order valence-corrected chi connectivity index (χ0v) is 13.8. The maximum absolute atomic E-state index is 12.6. The molecule has 5 heteroatoms. The minimum Gasteiger partial charge on any atom is -0.373 e. The van der Waals surface area contributed by atoms with E-state index < -0.39 is 0 Å². The second kappa shape index (κ2) is 7.44. The maximum Gasteiger partial charge on any atom is 0.225 e. The van der Waals surface area contributed by atoms with Gasteiger partial charge in [0.1, 0.15) is 0 Å². The van der Waals surface area contributed by atoms with Crippen LogP contribution in [0.15, 0.2) is 24.3 Å². The van der Waals surface area contributed by atoms with Gasteiger partial charge in [-0.2, -0.15) is 0 Å². The normalized spacial score (nSPS) is 27.2. The highest BCUT2D eigenvalue weighted by molar-refractivity contribution is 5.85. The molecule has 3 unspecified atom stereocenters. The van der Waals surface area contributed by atoms with Crippen molar-refractivity contribution in [2.75, 3.05) is 19.7 Å². The molecule has 3 atom stereocenters. The predicted octanol–water partition coefficient (Wildman–Crippen LogP) is 2.31. The van der Waals surface area contributed by atoms with Gasteiger partial charge in [0, 0.05) is 12.6 Å². The molecule has 22 heavy (non-hydrogen) atoms. The highest BCUT2D eigenvalue weighted by Gasteiger charge is 2.33. The number of nitrogens with two attached hydrogens (primary N) is 1. The number of nitrogens with zero attached hydrogens (tertiary/aromatic N) is 1. The minimum absolute atomic E-state index is 0. The number of amides is 1. The molecule has 122 valence electrons. The average molecular weight is 325 g/mol. The summed E-state index contributed by atoms with van der Waals surface area (Å²) in [6, 6.07) is 8.59. The number of halogens is 1. The summed E-state index contributed by atoms with van der Waals surface area (Å²) in [6.07, 6.45) is 2.31. The molecule has 2 aliphatic rings. The van der Waals surface area contributed by atoms with E-state index in [2.05, 4.69) is 25.1 Å². The molecule has 0 radical (unpaired) electrons. The summed E-state index contributed by atoms with van der Waals surface area (Å²) < 4.78 is 5.85. The first-order valence-electron chi connectivity index (χ1n) is 7.88. The zero-order valence-electron chi connectivity index (χ0n) is 13.0. The van der Waals surface area contributed by atoms with E-state index in [0.717, 1.165) is 19.4 Å². The van der Waals surface area contributed by atoms with E-state index in [9.17, 15) is 4.79 Å². The molecular weight excluding hydrogens is 300 g/mol. The molecule has 1 amide bonds. The van der Waals surface area contributed by atoms with Gasteiger partial charge in [0.25, 0.3) is 0 Å². The van der Waals surface area contributed by atoms with Crippen LogP contribution in [-0.4, -0.2) is 36.5 Å². The molecule has 1 saturated heterocycles. The van der Waals surface area contributed by atoms with Crippen LogP contribution in [0.5, 0.6) is 0 Å². The smallest absolute Gasteiger partial charge is 0.225 e. The Morgan fingerprint density at radius 3 is 2.91 bits per heavy atom. The molecule has 4 nitrogen and oxygen atoms in total. The third kappa shape index (κ3) is 3.45. The fraction of sp³-hybridized carbons (Fsp3) is 0.588. The first kappa shape index (κ1) is 17.3. The van der Waals surface area contributed by atoms with E-state index in [0.29, 0.717) is 31.5 Å². The van der Waals surface area contributed by atoms with Gasteiger partial charge >= 0.3 is 0 Å². The Kier molecular flexibility index (Phi) is 5.84. The Morgan fingerprint density at radius 1 is 1.41 bits per heavy atom. The number of hydrogen-bond acceptors (Lipinski definition) is 3. The first-order valence-corrected chi connectivity index (χ1v) is 7.88. The van der Waals surface area contributed by atoms with Crippen LogP contribution in [0.1, 0.15) is 37.0 Å². The Bertz CT molecular complexity index is 523. The number of likely N-dealkylation sites (tertiary alicyclic amines) is 1. The van der Waals surface area contributed by atoms with E-state index in [1.165, 1.54) is 11.1 Å². The van der Waals surface area contributed by atoms with E-state index in [1.54, 1.807) is 0 Å². The number of carbonyl (C=O) groups excluding carboxylic acids is 1. The van der Waals surface area contributed by atoms with E-state index in [1.807, 2.05) is 11.0 Å². The molecule has 2 heterocycles. The van der Waals surface area contributed by atoms with E-state index in [4.69, 9.17) is 10.5 Å². The van der Waals surface area contributed by atoms with Crippen LogP contribution in [0.25, 0.3) is 0 Å². The highest BCUT2D eigenvalue weighted by atomic mass is 35.5. The van der Waals surface area contributed by atoms with Crippen LogP contribution in [-0.2, 0) is 16.0 Å². The topological polar surface area (TPSA) is 55.6 Å². The third-order valence-electron chi connectivity index (χ3n) is 4.77. The van der Waals surface area contributed by atoms with Crippen molar-refractivity contribution in [1.29, 1.82) is 0 Å². The summed E-state index contributed by atoms with van der Waals surface area (Å²) in [5.41, 5.74) is 8.24. The fourth-order valence-electron chi connectivity index (χ4n) is 3.58. The van der Waals surface area contributed by atoms with Crippen LogP contribution in [0.4, 0.5) is 0 Å². The lowest BCUT2D eigenvalue weighted by atomic mass is 9.95. The van der Waals surface area contributed by atoms with Crippen molar-refractivity contribution in [2.45, 2.75) is 38.3 Å². The molecule has 1 aromatic rings. The standard InChI is InChI=1S/C17H24N2O2.ClH/c1-12-8-13(10-18)11-19(12)17(20)9-16-15-5-3-2-4-14(15)6-7-21-16;/h2-5,12-13,16H,6-11,18H2,1H3;1H. The number of hydrogen-bond donors (Lipinski definition) is 1. The molecule has 1 fully saturated rings. The predicted molar refractivity (Wildman–Crippen MR) is 89.0 cm³/mol. The summed E-state index contributed by atoms with van der Waals surface area (Å²) in [5.74, 6) is 0.642. The zero-order chi connectivity index (χ0) is 14.8. The molecule has 3 rings (SSSR count). The van der Waals surface area contributed by atoms with Crippen molar-refractivity contribution in [2.24, 2.45) is 11.7 Å². The van der Waals surface area contributed by atoms with Gasteiger partial charge in [0.2, 0.25) is 5.91 Å². The van der Waals surface area contributed by atoms with Crippen molar-refractivity contribution in [3.63, 3.8) is 0 Å². The van der Waals surface area contributed by atoms with Crippen LogP contribution >= 0.6 is 12.4 Å². The van der Waals surface area contributed by atoms with Gasteiger partial charge in [0.15, 0.2) is 0 Å². The van der Waals surface area contributed by atoms with E-state index >= 15 is 0 Å². The second-order valence-corrected chi connectivity index (χ2v) is 6.24. The quantitative estimate of drug-likeness (QED) is 0.928. The number of benzene rings is 1. The molecule has 0 spiro atoms. The van der Waals surface area contributed by atoms with Crippen LogP contribution in [0.2, 0.25) is 0 Å². The molecule has 2 N–H and O–H groups in total. The van der Waals surface area contributed by atoms with Gasteiger partial charge in [-0.15, -0.1) is 12.4 Å². The summed E-state index contributed by atoms with van der Waals surface area (Å²) in [4.78, 5) is 14.6. The number of ether oxygens (including phenoxy) is 1. The monoisotopic (exact) mass is 324 g/mol. The van der Waals surface area contributed by atoms with Gasteiger partial charge in [-0.3, -0.25) is 4.79 Å². The highest BCUT2D eigenvalue weighted by Crippen LogP contribution is 2.31. The molecule has 1 aromatic carbocycles. The summed E-state index contributed by atoms with van der Waals surface area (Å²) in [6.45, 7) is 4.28. The maximum atomic E-state index is 12.6. The lowest BCUT2D eigenvalue weighted by Gasteiger charge is -2.28. The van der Waals surface area contributed by atoms with E-state index in [-0.39, 0.29) is 24.4 Å². The van der Waals surface area contributed by atoms with Crippen LogP contribution in [0, 0.1) is 5.92 Å². The second-order valence-electron chi connectivity index (χ2n) is 6.24. The number of rotatable bonds is 3. The molecular formula is C17H25ClN2O2. The number of fused-ring (bicyclic) bond motifs is 1. The van der Waals surface area contributed by atoms with Crippen molar-refractivity contribution in [1.82, 2.24) is 4.90 Å². The SMILES string of the molecule is CC1CC(CN)CN1C(=O)CC1OCCc2ccccc21.Cl. The first-order chi connectivity index (χ1) is 10.2. The molecule has 0 aliphatic carbocycles. The van der Waals surface area contributed by atoms with Gasteiger partial charge in [-0.05, 0) is 43.4 Å². The van der Waals surface area contributed by atoms with Crippen molar-refractivity contribution in [3.8, 4) is 0 Å². The van der Waals surface area contributed by atoms with Crippen LogP contribution < -0.4 is 5.73 Å². The molecule has 0 saturated carbocycles.